The molecule has 0 saturated heterocycles. The molecule has 1 aromatic carbocycles. The van der Waals surface area contributed by atoms with Gasteiger partial charge >= 0.3 is 0 Å². The molecule has 1 unspecified atom stereocenters. The van der Waals surface area contributed by atoms with Gasteiger partial charge in [-0.3, -0.25) is 5.10 Å². The Bertz CT molecular complexity index is 500. The van der Waals surface area contributed by atoms with Gasteiger partial charge in [0.1, 0.15) is 5.82 Å². The zero-order valence-electron chi connectivity index (χ0n) is 9.42. The largest absolute Gasteiger partial charge is 0.398 e. The van der Waals surface area contributed by atoms with Gasteiger partial charge in [0.25, 0.3) is 0 Å². The number of benzene rings is 1. The van der Waals surface area contributed by atoms with E-state index >= 15 is 0 Å². The van der Waals surface area contributed by atoms with Crippen LogP contribution in [0.25, 0.3) is 0 Å². The molecule has 5 nitrogen and oxygen atoms in total. The normalized spacial score (nSPS) is 12.6. The van der Waals surface area contributed by atoms with Crippen LogP contribution in [0, 0.1) is 6.92 Å². The molecule has 0 aliphatic heterocycles. The third-order valence-corrected chi connectivity index (χ3v) is 3.23. The third kappa shape index (κ3) is 2.98. The number of anilines is 1. The Kier molecular flexibility index (Phi) is 3.65. The van der Waals surface area contributed by atoms with Crippen LogP contribution in [0.2, 0.25) is 0 Å². The number of nitrogens with zero attached hydrogens (tertiary/aromatic N) is 2. The summed E-state index contributed by atoms with van der Waals surface area (Å²) in [4.78, 5) is 4.15. The molecule has 0 saturated carbocycles. The Morgan fingerprint density at radius 3 is 2.88 bits per heavy atom. The quantitative estimate of drug-likeness (QED) is 0.565. The van der Waals surface area contributed by atoms with Crippen molar-refractivity contribution in [3.63, 3.8) is 0 Å². The van der Waals surface area contributed by atoms with Gasteiger partial charge in [-0.2, -0.15) is 0 Å². The number of aliphatic hydroxyl groups is 1. The molecule has 0 bridgehead atoms. The van der Waals surface area contributed by atoms with Gasteiger partial charge < -0.3 is 10.8 Å². The molecule has 0 amide bonds. The molecule has 0 fully saturated rings. The standard InChI is InChI=1S/C11H14N4OS/c1-7-13-11(15-14-7)17-6-10(16)8-4-2-3-5-9(8)12/h2-5,10,16H,6,12H2,1H3,(H,13,14,15). The van der Waals surface area contributed by atoms with E-state index in [1.165, 1.54) is 11.8 Å². The minimum absolute atomic E-state index is 0.478. The lowest BCUT2D eigenvalue weighted by atomic mass is 10.1. The molecule has 17 heavy (non-hydrogen) atoms. The van der Waals surface area contributed by atoms with Gasteiger partial charge in [-0.25, -0.2) is 4.98 Å². The van der Waals surface area contributed by atoms with Crippen molar-refractivity contribution in [2.45, 2.75) is 18.2 Å². The summed E-state index contributed by atoms with van der Waals surface area (Å²) in [6, 6.07) is 7.30. The van der Waals surface area contributed by atoms with E-state index in [9.17, 15) is 5.11 Å². The van der Waals surface area contributed by atoms with Crippen molar-refractivity contribution >= 4 is 17.4 Å². The van der Waals surface area contributed by atoms with Gasteiger partial charge in [0.05, 0.1) is 6.10 Å². The molecular formula is C11H14N4OS. The number of hydrogen-bond acceptors (Lipinski definition) is 5. The van der Waals surface area contributed by atoms with Gasteiger partial charge in [-0.1, -0.05) is 30.0 Å². The second kappa shape index (κ2) is 5.20. The van der Waals surface area contributed by atoms with Crippen molar-refractivity contribution in [2.24, 2.45) is 0 Å². The van der Waals surface area contributed by atoms with Crippen LogP contribution in [-0.4, -0.2) is 26.0 Å². The number of rotatable bonds is 4. The Balaban J connectivity index is 1.98. The molecule has 2 rings (SSSR count). The highest BCUT2D eigenvalue weighted by Crippen LogP contribution is 2.25. The van der Waals surface area contributed by atoms with E-state index < -0.39 is 6.10 Å². The monoisotopic (exact) mass is 250 g/mol. The highest BCUT2D eigenvalue weighted by molar-refractivity contribution is 7.99. The number of nitrogens with one attached hydrogen (secondary N) is 1. The molecule has 2 aromatic rings. The fourth-order valence-corrected chi connectivity index (χ4v) is 2.24. The summed E-state index contributed by atoms with van der Waals surface area (Å²) in [5, 5.41) is 17.4. The first-order valence-corrected chi connectivity index (χ1v) is 6.19. The topological polar surface area (TPSA) is 87.8 Å². The number of nitrogen functional groups attached to an aromatic ring is 1. The molecular weight excluding hydrogens is 236 g/mol. The summed E-state index contributed by atoms with van der Waals surface area (Å²) in [6.45, 7) is 1.84. The van der Waals surface area contributed by atoms with Crippen molar-refractivity contribution in [2.75, 3.05) is 11.5 Å². The number of aromatic amines is 1. The van der Waals surface area contributed by atoms with Crippen LogP contribution in [0.1, 0.15) is 17.5 Å². The maximum atomic E-state index is 10.0. The molecule has 90 valence electrons. The second-order valence-electron chi connectivity index (χ2n) is 3.66. The van der Waals surface area contributed by atoms with Crippen molar-refractivity contribution in [1.82, 2.24) is 15.2 Å². The Morgan fingerprint density at radius 1 is 1.47 bits per heavy atom. The van der Waals surface area contributed by atoms with Crippen LogP contribution < -0.4 is 5.73 Å². The molecule has 1 heterocycles. The van der Waals surface area contributed by atoms with Gasteiger partial charge in [-0.05, 0) is 13.0 Å². The van der Waals surface area contributed by atoms with Crippen LogP contribution >= 0.6 is 11.8 Å². The van der Waals surface area contributed by atoms with E-state index in [0.29, 0.717) is 16.6 Å². The highest BCUT2D eigenvalue weighted by atomic mass is 32.2. The van der Waals surface area contributed by atoms with Gasteiger partial charge in [0.15, 0.2) is 0 Å². The summed E-state index contributed by atoms with van der Waals surface area (Å²) in [7, 11) is 0. The van der Waals surface area contributed by atoms with Crippen LogP contribution in [-0.2, 0) is 0 Å². The van der Waals surface area contributed by atoms with Crippen LogP contribution in [0.15, 0.2) is 29.4 Å². The minimum Gasteiger partial charge on any atom is -0.398 e. The zero-order valence-corrected chi connectivity index (χ0v) is 10.2. The maximum Gasteiger partial charge on any atom is 0.208 e. The van der Waals surface area contributed by atoms with Crippen molar-refractivity contribution < 1.29 is 5.11 Å². The van der Waals surface area contributed by atoms with Gasteiger partial charge in [-0.15, -0.1) is 5.10 Å². The lowest BCUT2D eigenvalue weighted by Crippen LogP contribution is -2.04. The molecule has 1 atom stereocenters. The van der Waals surface area contributed by atoms with E-state index in [0.717, 1.165) is 11.4 Å². The third-order valence-electron chi connectivity index (χ3n) is 2.30. The first-order chi connectivity index (χ1) is 8.16. The lowest BCUT2D eigenvalue weighted by molar-refractivity contribution is 0.205. The molecule has 0 spiro atoms. The predicted molar refractivity (Wildman–Crippen MR) is 67.7 cm³/mol. The smallest absolute Gasteiger partial charge is 0.208 e. The number of thioether (sulfide) groups is 1. The van der Waals surface area contributed by atoms with E-state index in [1.807, 2.05) is 25.1 Å². The number of aliphatic hydroxyl groups excluding tert-OH is 1. The lowest BCUT2D eigenvalue weighted by Gasteiger charge is -2.11. The van der Waals surface area contributed by atoms with E-state index in [4.69, 9.17) is 5.73 Å². The molecule has 4 N–H and O–H groups in total. The van der Waals surface area contributed by atoms with E-state index in [-0.39, 0.29) is 0 Å². The minimum atomic E-state index is -0.611. The summed E-state index contributed by atoms with van der Waals surface area (Å²) >= 11 is 1.39. The summed E-state index contributed by atoms with van der Waals surface area (Å²) < 4.78 is 0. The summed E-state index contributed by atoms with van der Waals surface area (Å²) in [5.74, 6) is 1.24. The number of para-hydroxylation sites is 1. The number of aryl methyl sites for hydroxylation is 1. The molecule has 6 heteroatoms. The number of nitrogens with two attached hydrogens (primary N) is 1. The second-order valence-corrected chi connectivity index (χ2v) is 4.65. The van der Waals surface area contributed by atoms with Crippen LogP contribution in [0.3, 0.4) is 0 Å². The maximum absolute atomic E-state index is 10.0. The summed E-state index contributed by atoms with van der Waals surface area (Å²) in [5.41, 5.74) is 7.13. The number of hydrogen-bond donors (Lipinski definition) is 3. The first-order valence-electron chi connectivity index (χ1n) is 5.21. The van der Waals surface area contributed by atoms with Crippen molar-refractivity contribution in [3.05, 3.63) is 35.7 Å². The molecule has 0 aliphatic rings. The number of aromatic nitrogens is 3. The number of H-pyrrole nitrogens is 1. The van der Waals surface area contributed by atoms with Gasteiger partial charge in [0, 0.05) is 17.0 Å². The fourth-order valence-electron chi connectivity index (χ4n) is 1.44. The average Bonchev–Trinajstić information content (AvgIpc) is 2.73. The van der Waals surface area contributed by atoms with Crippen molar-refractivity contribution in [1.29, 1.82) is 0 Å². The predicted octanol–water partition coefficient (Wildman–Crippen LogP) is 1.52. The zero-order chi connectivity index (χ0) is 12.3. The summed E-state index contributed by atoms with van der Waals surface area (Å²) in [6.07, 6.45) is -0.611. The van der Waals surface area contributed by atoms with Crippen LogP contribution in [0.4, 0.5) is 5.69 Å². The molecule has 0 radical (unpaired) electrons. The highest BCUT2D eigenvalue weighted by Gasteiger charge is 2.12. The first kappa shape index (κ1) is 11.9. The Morgan fingerprint density at radius 2 is 2.24 bits per heavy atom. The van der Waals surface area contributed by atoms with E-state index in [1.54, 1.807) is 6.07 Å². The Labute approximate surface area is 103 Å². The fraction of sp³-hybridized carbons (Fsp3) is 0.273. The molecule has 1 aromatic heterocycles. The Hall–Kier alpha value is -1.53. The van der Waals surface area contributed by atoms with Gasteiger partial charge in [0.2, 0.25) is 5.16 Å². The molecule has 0 aliphatic carbocycles. The van der Waals surface area contributed by atoms with Crippen LogP contribution in [0.5, 0.6) is 0 Å². The van der Waals surface area contributed by atoms with Crippen molar-refractivity contribution in [3.8, 4) is 0 Å². The SMILES string of the molecule is Cc1nc(SCC(O)c2ccccc2N)n[nH]1. The van der Waals surface area contributed by atoms with E-state index in [2.05, 4.69) is 15.2 Å². The average molecular weight is 250 g/mol.